The highest BCUT2D eigenvalue weighted by Crippen LogP contribution is 2.35. The number of fused-ring (bicyclic) bond motifs is 1. The number of methoxy groups -OCH3 is 1. The van der Waals surface area contributed by atoms with Gasteiger partial charge in [0.05, 0.1) is 13.0 Å². The lowest BCUT2D eigenvalue weighted by atomic mass is 9.87. The number of ether oxygens (including phenoxy) is 1. The van der Waals surface area contributed by atoms with Crippen molar-refractivity contribution in [3.05, 3.63) is 21.9 Å². The maximum Gasteiger partial charge on any atom is 0.305 e. The topological polar surface area (TPSA) is 46.6 Å². The summed E-state index contributed by atoms with van der Waals surface area (Å²) in [5, 5.41) is 2.08. The number of nitrogens with zero attached hydrogens (tertiary/aromatic N) is 1. The molecule has 4 nitrogen and oxygen atoms in total. The van der Waals surface area contributed by atoms with Crippen LogP contribution in [-0.4, -0.2) is 37.5 Å². The summed E-state index contributed by atoms with van der Waals surface area (Å²) in [6.07, 6.45) is 4.13. The molecule has 2 rings (SSSR count). The predicted molar refractivity (Wildman–Crippen MR) is 78.9 cm³/mol. The fourth-order valence-corrected chi connectivity index (χ4v) is 3.67. The molecule has 1 aromatic rings. The Morgan fingerprint density at radius 3 is 3.05 bits per heavy atom. The molecule has 1 amide bonds. The van der Waals surface area contributed by atoms with Crippen LogP contribution in [0.3, 0.4) is 0 Å². The Balaban J connectivity index is 1.90. The lowest BCUT2D eigenvalue weighted by molar-refractivity contribution is -0.141. The molecule has 1 unspecified atom stereocenters. The van der Waals surface area contributed by atoms with Crippen LogP contribution in [0.25, 0.3) is 0 Å². The van der Waals surface area contributed by atoms with Gasteiger partial charge in [0, 0.05) is 24.9 Å². The molecule has 0 saturated carbocycles. The molecule has 1 heterocycles. The van der Waals surface area contributed by atoms with Gasteiger partial charge < -0.3 is 9.64 Å². The molecule has 1 aliphatic rings. The summed E-state index contributed by atoms with van der Waals surface area (Å²) in [6.45, 7) is 0.601. The van der Waals surface area contributed by atoms with Gasteiger partial charge in [-0.25, -0.2) is 0 Å². The minimum atomic E-state index is -0.219. The largest absolute Gasteiger partial charge is 0.469 e. The zero-order chi connectivity index (χ0) is 14.5. The Kier molecular flexibility index (Phi) is 5.17. The second-order valence-corrected chi connectivity index (χ2v) is 6.18. The van der Waals surface area contributed by atoms with Gasteiger partial charge in [0.25, 0.3) is 0 Å². The Hall–Kier alpha value is -1.36. The molecule has 110 valence electrons. The van der Waals surface area contributed by atoms with Gasteiger partial charge in [-0.15, -0.1) is 11.3 Å². The van der Waals surface area contributed by atoms with Crippen LogP contribution in [0.1, 0.15) is 42.0 Å². The third kappa shape index (κ3) is 3.39. The lowest BCUT2D eigenvalue weighted by Gasteiger charge is -2.26. The van der Waals surface area contributed by atoms with Crippen molar-refractivity contribution < 1.29 is 14.3 Å². The van der Waals surface area contributed by atoms with E-state index in [0.717, 1.165) is 19.3 Å². The van der Waals surface area contributed by atoms with E-state index >= 15 is 0 Å². The minimum Gasteiger partial charge on any atom is -0.469 e. The summed E-state index contributed by atoms with van der Waals surface area (Å²) in [4.78, 5) is 26.7. The Bertz CT molecular complexity index is 483. The van der Waals surface area contributed by atoms with Crippen molar-refractivity contribution in [2.24, 2.45) is 0 Å². The molecule has 0 N–H and O–H groups in total. The first-order valence-corrected chi connectivity index (χ1v) is 7.89. The average molecular weight is 295 g/mol. The highest BCUT2D eigenvalue weighted by atomic mass is 32.1. The van der Waals surface area contributed by atoms with Gasteiger partial charge in [0.2, 0.25) is 5.91 Å². The predicted octanol–water partition coefficient (Wildman–Crippen LogP) is 2.58. The molecule has 1 aliphatic carbocycles. The van der Waals surface area contributed by atoms with Gasteiger partial charge in [-0.3, -0.25) is 9.59 Å². The second-order valence-electron chi connectivity index (χ2n) is 5.18. The van der Waals surface area contributed by atoms with Crippen molar-refractivity contribution in [3.63, 3.8) is 0 Å². The number of esters is 1. The Morgan fingerprint density at radius 2 is 2.30 bits per heavy atom. The van der Waals surface area contributed by atoms with Crippen molar-refractivity contribution >= 4 is 23.2 Å². The number of aryl methyl sites for hydroxylation is 1. The molecule has 0 aliphatic heterocycles. The van der Waals surface area contributed by atoms with Crippen LogP contribution < -0.4 is 0 Å². The fraction of sp³-hybridized carbons (Fsp3) is 0.600. The Labute approximate surface area is 123 Å². The molecule has 0 aromatic carbocycles. The number of thiophene rings is 1. The smallest absolute Gasteiger partial charge is 0.305 e. The summed E-state index contributed by atoms with van der Waals surface area (Å²) in [5.41, 5.74) is 1.21. The average Bonchev–Trinajstić information content (AvgIpc) is 2.94. The van der Waals surface area contributed by atoms with E-state index in [1.807, 2.05) is 7.05 Å². The zero-order valence-corrected chi connectivity index (χ0v) is 12.9. The third-order valence-corrected chi connectivity index (χ3v) is 4.82. The van der Waals surface area contributed by atoms with Crippen molar-refractivity contribution in [2.45, 2.75) is 38.0 Å². The molecule has 0 bridgehead atoms. The van der Waals surface area contributed by atoms with Crippen LogP contribution in [0, 0.1) is 0 Å². The molecule has 0 spiro atoms. The first kappa shape index (κ1) is 15.0. The monoisotopic (exact) mass is 295 g/mol. The van der Waals surface area contributed by atoms with Crippen LogP contribution in [0.4, 0.5) is 0 Å². The minimum absolute atomic E-state index is 0.00752. The van der Waals surface area contributed by atoms with Crippen molar-refractivity contribution in [2.75, 3.05) is 20.7 Å². The van der Waals surface area contributed by atoms with E-state index in [2.05, 4.69) is 16.2 Å². The van der Waals surface area contributed by atoms with E-state index in [-0.39, 0.29) is 17.8 Å². The van der Waals surface area contributed by atoms with Crippen LogP contribution in [0.15, 0.2) is 11.4 Å². The standard InChI is InChI=1S/C15H21NO3S/c1-16(9-4-7-14(17)19-2)15(18)12-5-3-6-13-11(12)8-10-20-13/h8,10,12H,3-7,9H2,1-2H3. The quantitative estimate of drug-likeness (QED) is 0.784. The van der Waals surface area contributed by atoms with Crippen molar-refractivity contribution in [1.29, 1.82) is 0 Å². The number of hydrogen-bond donors (Lipinski definition) is 0. The number of carbonyl (C=O) groups excluding carboxylic acids is 2. The van der Waals surface area contributed by atoms with Crippen LogP contribution in [-0.2, 0) is 20.7 Å². The molecule has 0 saturated heterocycles. The summed E-state index contributed by atoms with van der Waals surface area (Å²) < 4.78 is 4.60. The molecule has 1 aromatic heterocycles. The Morgan fingerprint density at radius 1 is 1.50 bits per heavy atom. The molecular weight excluding hydrogens is 274 g/mol. The van der Waals surface area contributed by atoms with Crippen LogP contribution in [0.2, 0.25) is 0 Å². The molecular formula is C15H21NO3S. The highest BCUT2D eigenvalue weighted by Gasteiger charge is 2.29. The first-order valence-electron chi connectivity index (χ1n) is 7.01. The van der Waals surface area contributed by atoms with Gasteiger partial charge in [-0.1, -0.05) is 0 Å². The number of hydrogen-bond acceptors (Lipinski definition) is 4. The molecule has 0 radical (unpaired) electrons. The number of carbonyl (C=O) groups is 2. The summed E-state index contributed by atoms with van der Waals surface area (Å²) >= 11 is 1.75. The zero-order valence-electron chi connectivity index (χ0n) is 12.1. The van der Waals surface area contributed by atoms with E-state index in [1.54, 1.807) is 16.2 Å². The van der Waals surface area contributed by atoms with Gasteiger partial charge >= 0.3 is 5.97 Å². The van der Waals surface area contributed by atoms with E-state index < -0.39 is 0 Å². The molecule has 1 atom stereocenters. The summed E-state index contributed by atoms with van der Waals surface area (Å²) in [7, 11) is 3.21. The van der Waals surface area contributed by atoms with Gasteiger partial charge in [-0.05, 0) is 42.7 Å². The van der Waals surface area contributed by atoms with Crippen molar-refractivity contribution in [3.8, 4) is 0 Å². The number of amides is 1. The van der Waals surface area contributed by atoms with Crippen LogP contribution >= 0.6 is 11.3 Å². The van der Waals surface area contributed by atoms with E-state index in [0.29, 0.717) is 19.4 Å². The molecule has 0 fully saturated rings. The van der Waals surface area contributed by atoms with Gasteiger partial charge in [-0.2, -0.15) is 0 Å². The second kappa shape index (κ2) is 6.88. The SMILES string of the molecule is COC(=O)CCCN(C)C(=O)C1CCCc2sccc21. The molecule has 20 heavy (non-hydrogen) atoms. The first-order chi connectivity index (χ1) is 9.63. The van der Waals surface area contributed by atoms with E-state index in [1.165, 1.54) is 17.6 Å². The highest BCUT2D eigenvalue weighted by molar-refractivity contribution is 7.10. The van der Waals surface area contributed by atoms with E-state index in [9.17, 15) is 9.59 Å². The lowest BCUT2D eigenvalue weighted by Crippen LogP contribution is -2.34. The van der Waals surface area contributed by atoms with Crippen LogP contribution in [0.5, 0.6) is 0 Å². The third-order valence-electron chi connectivity index (χ3n) is 3.83. The van der Waals surface area contributed by atoms with Gasteiger partial charge in [0.15, 0.2) is 0 Å². The summed E-state index contributed by atoms with van der Waals surface area (Å²) in [6, 6.07) is 2.09. The summed E-state index contributed by atoms with van der Waals surface area (Å²) in [5.74, 6) is -0.0361. The molecule has 5 heteroatoms. The van der Waals surface area contributed by atoms with Gasteiger partial charge in [0.1, 0.15) is 0 Å². The number of likely N-dealkylation sites (N-methyl/N-ethyl adjacent to an activating group) is 1. The van der Waals surface area contributed by atoms with Crippen molar-refractivity contribution in [1.82, 2.24) is 4.90 Å². The normalized spacial score (nSPS) is 17.4. The number of rotatable bonds is 5. The van der Waals surface area contributed by atoms with E-state index in [4.69, 9.17) is 0 Å². The maximum absolute atomic E-state index is 12.5. The fourth-order valence-electron chi connectivity index (χ4n) is 2.68. The maximum atomic E-state index is 12.5.